The SMILES string of the molecule is CC1CCCC1NC(C)C1CCOCC1. The summed E-state index contributed by atoms with van der Waals surface area (Å²) in [5.41, 5.74) is 0. The molecule has 2 aliphatic rings. The Balaban J connectivity index is 1.77. The number of ether oxygens (including phenoxy) is 1. The van der Waals surface area contributed by atoms with E-state index in [4.69, 9.17) is 4.74 Å². The normalized spacial score (nSPS) is 35.6. The Hall–Kier alpha value is -0.0800. The zero-order valence-electron chi connectivity index (χ0n) is 10.2. The molecule has 0 spiro atoms. The van der Waals surface area contributed by atoms with Crippen LogP contribution in [0.3, 0.4) is 0 Å². The standard InChI is InChI=1S/C13H25NO/c1-10-4-3-5-13(10)14-11(2)12-6-8-15-9-7-12/h10-14H,3-9H2,1-2H3. The highest BCUT2D eigenvalue weighted by Crippen LogP contribution is 2.27. The van der Waals surface area contributed by atoms with Crippen LogP contribution in [-0.2, 0) is 4.74 Å². The molecule has 1 N–H and O–H groups in total. The van der Waals surface area contributed by atoms with Crippen molar-refractivity contribution in [1.82, 2.24) is 5.32 Å². The molecule has 1 heterocycles. The summed E-state index contributed by atoms with van der Waals surface area (Å²) >= 11 is 0. The van der Waals surface area contributed by atoms with Crippen LogP contribution in [0.15, 0.2) is 0 Å². The maximum atomic E-state index is 5.41. The van der Waals surface area contributed by atoms with Crippen LogP contribution in [-0.4, -0.2) is 25.3 Å². The second-order valence-electron chi connectivity index (χ2n) is 5.42. The third-order valence-corrected chi connectivity index (χ3v) is 4.31. The molecule has 0 aromatic carbocycles. The summed E-state index contributed by atoms with van der Waals surface area (Å²) in [6.07, 6.45) is 6.71. The first-order valence-corrected chi connectivity index (χ1v) is 6.61. The van der Waals surface area contributed by atoms with Crippen molar-refractivity contribution in [3.8, 4) is 0 Å². The first-order valence-electron chi connectivity index (χ1n) is 6.61. The fourth-order valence-electron chi connectivity index (χ4n) is 3.08. The van der Waals surface area contributed by atoms with Gasteiger partial charge in [-0.2, -0.15) is 0 Å². The molecule has 3 atom stereocenters. The van der Waals surface area contributed by atoms with E-state index in [1.807, 2.05) is 0 Å². The van der Waals surface area contributed by atoms with Gasteiger partial charge in [-0.15, -0.1) is 0 Å². The fourth-order valence-corrected chi connectivity index (χ4v) is 3.08. The van der Waals surface area contributed by atoms with Crippen LogP contribution in [0.5, 0.6) is 0 Å². The predicted octanol–water partition coefficient (Wildman–Crippen LogP) is 2.58. The Morgan fingerprint density at radius 1 is 1.13 bits per heavy atom. The van der Waals surface area contributed by atoms with Crippen LogP contribution in [0, 0.1) is 11.8 Å². The molecule has 15 heavy (non-hydrogen) atoms. The Morgan fingerprint density at radius 3 is 2.47 bits per heavy atom. The van der Waals surface area contributed by atoms with E-state index < -0.39 is 0 Å². The minimum atomic E-state index is 0.680. The summed E-state index contributed by atoms with van der Waals surface area (Å²) in [6, 6.07) is 1.46. The van der Waals surface area contributed by atoms with Gasteiger partial charge in [-0.1, -0.05) is 13.3 Å². The van der Waals surface area contributed by atoms with Gasteiger partial charge in [0.2, 0.25) is 0 Å². The van der Waals surface area contributed by atoms with Crippen molar-refractivity contribution in [3.63, 3.8) is 0 Å². The average molecular weight is 211 g/mol. The van der Waals surface area contributed by atoms with Gasteiger partial charge < -0.3 is 10.1 Å². The van der Waals surface area contributed by atoms with Gasteiger partial charge in [-0.25, -0.2) is 0 Å². The molecule has 0 aromatic rings. The summed E-state index contributed by atoms with van der Waals surface area (Å²) in [6.45, 7) is 6.69. The number of hydrogen-bond donors (Lipinski definition) is 1. The van der Waals surface area contributed by atoms with Crippen molar-refractivity contribution in [2.24, 2.45) is 11.8 Å². The largest absolute Gasteiger partial charge is 0.381 e. The molecule has 0 radical (unpaired) electrons. The van der Waals surface area contributed by atoms with E-state index >= 15 is 0 Å². The summed E-state index contributed by atoms with van der Waals surface area (Å²) < 4.78 is 5.41. The Morgan fingerprint density at radius 2 is 1.87 bits per heavy atom. The highest BCUT2D eigenvalue weighted by molar-refractivity contribution is 4.85. The van der Waals surface area contributed by atoms with Crippen LogP contribution in [0.4, 0.5) is 0 Å². The Kier molecular flexibility index (Phi) is 4.04. The lowest BCUT2D eigenvalue weighted by molar-refractivity contribution is 0.0538. The minimum Gasteiger partial charge on any atom is -0.381 e. The van der Waals surface area contributed by atoms with Gasteiger partial charge >= 0.3 is 0 Å². The van der Waals surface area contributed by atoms with Gasteiger partial charge in [0.15, 0.2) is 0 Å². The summed E-state index contributed by atoms with van der Waals surface area (Å²) in [7, 11) is 0. The highest BCUT2D eigenvalue weighted by Gasteiger charge is 2.27. The van der Waals surface area contributed by atoms with E-state index in [2.05, 4.69) is 19.2 Å². The van der Waals surface area contributed by atoms with Crippen molar-refractivity contribution < 1.29 is 4.74 Å². The Labute approximate surface area is 93.8 Å². The molecule has 2 rings (SSSR count). The zero-order valence-corrected chi connectivity index (χ0v) is 10.2. The Bertz CT molecular complexity index is 189. The maximum Gasteiger partial charge on any atom is 0.0469 e. The van der Waals surface area contributed by atoms with Crippen LogP contribution in [0.2, 0.25) is 0 Å². The number of hydrogen-bond acceptors (Lipinski definition) is 2. The second kappa shape index (κ2) is 5.31. The minimum absolute atomic E-state index is 0.680. The molecular formula is C13H25NO. The third kappa shape index (κ3) is 2.94. The first kappa shape index (κ1) is 11.4. The summed E-state index contributed by atoms with van der Waals surface area (Å²) in [5, 5.41) is 3.84. The maximum absolute atomic E-state index is 5.41. The molecule has 2 heteroatoms. The van der Waals surface area contributed by atoms with Crippen molar-refractivity contribution in [3.05, 3.63) is 0 Å². The molecule has 0 amide bonds. The molecule has 0 bridgehead atoms. The van der Waals surface area contributed by atoms with Crippen LogP contribution in [0.1, 0.15) is 46.0 Å². The second-order valence-corrected chi connectivity index (χ2v) is 5.42. The third-order valence-electron chi connectivity index (χ3n) is 4.31. The van der Waals surface area contributed by atoms with E-state index in [1.54, 1.807) is 0 Å². The molecule has 3 unspecified atom stereocenters. The fraction of sp³-hybridized carbons (Fsp3) is 1.00. The lowest BCUT2D eigenvalue weighted by Crippen LogP contribution is -2.43. The number of nitrogens with one attached hydrogen (secondary N) is 1. The van der Waals surface area contributed by atoms with Crippen LogP contribution >= 0.6 is 0 Å². The summed E-state index contributed by atoms with van der Waals surface area (Å²) in [5.74, 6) is 1.72. The topological polar surface area (TPSA) is 21.3 Å². The van der Waals surface area contributed by atoms with Gasteiger partial charge in [-0.3, -0.25) is 0 Å². The lowest BCUT2D eigenvalue weighted by atomic mass is 9.91. The molecule has 2 nitrogen and oxygen atoms in total. The molecule has 1 aliphatic heterocycles. The first-order chi connectivity index (χ1) is 7.27. The van der Waals surface area contributed by atoms with E-state index in [0.29, 0.717) is 6.04 Å². The van der Waals surface area contributed by atoms with Gasteiger partial charge in [0, 0.05) is 25.3 Å². The van der Waals surface area contributed by atoms with E-state index in [1.165, 1.54) is 32.1 Å². The van der Waals surface area contributed by atoms with Gasteiger partial charge in [-0.05, 0) is 44.4 Å². The van der Waals surface area contributed by atoms with E-state index in [9.17, 15) is 0 Å². The van der Waals surface area contributed by atoms with E-state index in [-0.39, 0.29) is 0 Å². The lowest BCUT2D eigenvalue weighted by Gasteiger charge is -2.31. The molecule has 1 saturated carbocycles. The average Bonchev–Trinajstić information content (AvgIpc) is 2.66. The molecule has 1 saturated heterocycles. The van der Waals surface area contributed by atoms with Crippen LogP contribution in [0.25, 0.3) is 0 Å². The van der Waals surface area contributed by atoms with Crippen LogP contribution < -0.4 is 5.32 Å². The van der Waals surface area contributed by atoms with Crippen molar-refractivity contribution in [1.29, 1.82) is 0 Å². The molecular weight excluding hydrogens is 186 g/mol. The number of rotatable bonds is 3. The van der Waals surface area contributed by atoms with Gasteiger partial charge in [0.25, 0.3) is 0 Å². The molecule has 2 fully saturated rings. The molecule has 0 aromatic heterocycles. The highest BCUT2D eigenvalue weighted by atomic mass is 16.5. The van der Waals surface area contributed by atoms with Crippen molar-refractivity contribution in [2.75, 3.05) is 13.2 Å². The van der Waals surface area contributed by atoms with E-state index in [0.717, 1.165) is 31.1 Å². The summed E-state index contributed by atoms with van der Waals surface area (Å²) in [4.78, 5) is 0. The van der Waals surface area contributed by atoms with Gasteiger partial charge in [0.1, 0.15) is 0 Å². The smallest absolute Gasteiger partial charge is 0.0469 e. The zero-order chi connectivity index (χ0) is 10.7. The van der Waals surface area contributed by atoms with Gasteiger partial charge in [0.05, 0.1) is 0 Å². The quantitative estimate of drug-likeness (QED) is 0.774. The molecule has 1 aliphatic carbocycles. The predicted molar refractivity (Wildman–Crippen MR) is 62.9 cm³/mol. The van der Waals surface area contributed by atoms with Crippen molar-refractivity contribution >= 4 is 0 Å². The van der Waals surface area contributed by atoms with Crippen molar-refractivity contribution in [2.45, 2.75) is 58.0 Å². The molecule has 88 valence electrons. The monoisotopic (exact) mass is 211 g/mol.